The second kappa shape index (κ2) is 5.70. The van der Waals surface area contributed by atoms with Crippen LogP contribution in [-0.2, 0) is 0 Å². The molecule has 0 bridgehead atoms. The number of rotatable bonds is 3. The van der Waals surface area contributed by atoms with Crippen LogP contribution in [0, 0.1) is 0 Å². The normalized spacial score (nSPS) is 8.80. The summed E-state index contributed by atoms with van der Waals surface area (Å²) < 4.78 is 0. The summed E-state index contributed by atoms with van der Waals surface area (Å²) in [4.78, 5) is 10.2. The fourth-order valence-corrected chi connectivity index (χ4v) is 1.05. The zero-order valence-corrected chi connectivity index (χ0v) is 7.59. The fraction of sp³-hybridized carbons (Fsp3) is 0.0769. The average Bonchev–Trinajstić information content (AvgIpc) is 2.29. The van der Waals surface area contributed by atoms with Crippen molar-refractivity contribution in [2.75, 3.05) is 0 Å². The van der Waals surface area contributed by atoms with Gasteiger partial charge < -0.3 is 0 Å². The molecular formula is C13H14O2. The Morgan fingerprint density at radius 2 is 0.867 bits per heavy atom. The van der Waals surface area contributed by atoms with E-state index in [9.17, 15) is 0 Å². The second-order valence-corrected chi connectivity index (χ2v) is 2.79. The maximum Gasteiger partial charge on any atom is 0.178 e. The summed E-state index contributed by atoms with van der Waals surface area (Å²) in [5, 5.41) is 0. The first-order chi connectivity index (χ1) is 6.95. The molecule has 0 aliphatic carbocycles. The molecule has 0 aliphatic rings. The van der Waals surface area contributed by atoms with E-state index in [0.29, 0.717) is 11.5 Å². The Bertz CT molecular complexity index is 331. The molecule has 0 aliphatic heterocycles. The van der Waals surface area contributed by atoms with Crippen LogP contribution in [0.5, 0.6) is 11.5 Å². The van der Waals surface area contributed by atoms with Crippen molar-refractivity contribution in [3.8, 4) is 11.5 Å². The summed E-state index contributed by atoms with van der Waals surface area (Å²) in [6.07, 6.45) is 0. The van der Waals surface area contributed by atoms with Gasteiger partial charge in [0.15, 0.2) is 11.5 Å². The van der Waals surface area contributed by atoms with Crippen molar-refractivity contribution < 1.29 is 9.78 Å². The molecule has 0 atom stereocenters. The first kappa shape index (κ1) is 11.1. The highest BCUT2D eigenvalue weighted by Gasteiger charge is 1.94. The van der Waals surface area contributed by atoms with E-state index >= 15 is 0 Å². The molecule has 0 spiro atoms. The third-order valence-electron chi connectivity index (χ3n) is 1.72. The molecule has 0 N–H and O–H groups in total. The highest BCUT2D eigenvalue weighted by Crippen LogP contribution is 2.13. The van der Waals surface area contributed by atoms with Crippen LogP contribution in [0.3, 0.4) is 0 Å². The molecule has 2 rings (SSSR count). The minimum atomic E-state index is 0. The molecule has 0 saturated heterocycles. The van der Waals surface area contributed by atoms with Gasteiger partial charge in [-0.3, -0.25) is 9.78 Å². The first-order valence-electron chi connectivity index (χ1n) is 4.40. The number of hydrogen-bond donors (Lipinski definition) is 0. The molecule has 2 nitrogen and oxygen atoms in total. The Morgan fingerprint density at radius 1 is 0.533 bits per heavy atom. The van der Waals surface area contributed by atoms with E-state index in [2.05, 4.69) is 0 Å². The predicted molar refractivity (Wildman–Crippen MR) is 60.9 cm³/mol. The van der Waals surface area contributed by atoms with Gasteiger partial charge in [0, 0.05) is 0 Å². The van der Waals surface area contributed by atoms with Crippen LogP contribution in [0.25, 0.3) is 0 Å². The van der Waals surface area contributed by atoms with Gasteiger partial charge in [-0.25, -0.2) is 0 Å². The molecule has 2 heteroatoms. The molecule has 0 aromatic heterocycles. The Labute approximate surface area is 90.0 Å². The lowest BCUT2D eigenvalue weighted by atomic mass is 10.3. The molecule has 0 fully saturated rings. The molecule has 2 aromatic rings. The Hall–Kier alpha value is -1.96. The van der Waals surface area contributed by atoms with Gasteiger partial charge in [0.25, 0.3) is 0 Å². The van der Waals surface area contributed by atoms with Crippen molar-refractivity contribution in [1.82, 2.24) is 0 Å². The second-order valence-electron chi connectivity index (χ2n) is 2.79. The van der Waals surface area contributed by atoms with E-state index in [1.807, 2.05) is 60.7 Å². The van der Waals surface area contributed by atoms with Gasteiger partial charge in [0.05, 0.1) is 0 Å². The minimum absolute atomic E-state index is 0. The lowest BCUT2D eigenvalue weighted by Gasteiger charge is -2.04. The standard InChI is InChI=1S/C12H10O2.CH4/c1-3-7-11(8-4-1)13-14-12-9-5-2-6-10-12;/h1-10H;1H4. The van der Waals surface area contributed by atoms with Gasteiger partial charge >= 0.3 is 0 Å². The topological polar surface area (TPSA) is 18.5 Å². The van der Waals surface area contributed by atoms with E-state index in [-0.39, 0.29) is 7.43 Å². The minimum Gasteiger partial charge on any atom is -0.290 e. The van der Waals surface area contributed by atoms with Crippen molar-refractivity contribution >= 4 is 0 Å². The zero-order valence-electron chi connectivity index (χ0n) is 7.59. The molecule has 0 saturated carbocycles. The number of benzene rings is 2. The predicted octanol–water partition coefficient (Wildman–Crippen LogP) is 3.70. The van der Waals surface area contributed by atoms with Crippen molar-refractivity contribution in [2.45, 2.75) is 7.43 Å². The van der Waals surface area contributed by atoms with Crippen LogP contribution >= 0.6 is 0 Å². The van der Waals surface area contributed by atoms with Crippen LogP contribution < -0.4 is 9.78 Å². The van der Waals surface area contributed by atoms with Crippen LogP contribution in [0.2, 0.25) is 0 Å². The Balaban J connectivity index is 0.00000112. The van der Waals surface area contributed by atoms with E-state index in [1.54, 1.807) is 0 Å². The van der Waals surface area contributed by atoms with Gasteiger partial charge in [-0.15, -0.1) is 0 Å². The van der Waals surface area contributed by atoms with Crippen molar-refractivity contribution in [3.05, 3.63) is 60.7 Å². The van der Waals surface area contributed by atoms with Crippen molar-refractivity contribution in [2.24, 2.45) is 0 Å². The lowest BCUT2D eigenvalue weighted by Crippen LogP contribution is -1.99. The summed E-state index contributed by atoms with van der Waals surface area (Å²) in [6, 6.07) is 18.8. The quantitative estimate of drug-likeness (QED) is 0.558. The van der Waals surface area contributed by atoms with Crippen molar-refractivity contribution in [3.63, 3.8) is 0 Å². The third kappa shape index (κ3) is 3.35. The zero-order chi connectivity index (χ0) is 9.64. The van der Waals surface area contributed by atoms with Gasteiger partial charge in [-0.1, -0.05) is 43.8 Å². The van der Waals surface area contributed by atoms with Gasteiger partial charge in [0.1, 0.15) is 0 Å². The molecule has 0 radical (unpaired) electrons. The summed E-state index contributed by atoms with van der Waals surface area (Å²) in [6.45, 7) is 0. The van der Waals surface area contributed by atoms with E-state index in [0.717, 1.165) is 0 Å². The summed E-state index contributed by atoms with van der Waals surface area (Å²) in [5.74, 6) is 1.38. The molecule has 15 heavy (non-hydrogen) atoms. The third-order valence-corrected chi connectivity index (χ3v) is 1.72. The van der Waals surface area contributed by atoms with Crippen LogP contribution in [0.1, 0.15) is 7.43 Å². The maximum absolute atomic E-state index is 5.09. The van der Waals surface area contributed by atoms with Gasteiger partial charge in [-0.05, 0) is 24.3 Å². The van der Waals surface area contributed by atoms with E-state index in [1.165, 1.54) is 0 Å². The smallest absolute Gasteiger partial charge is 0.178 e. The molecule has 78 valence electrons. The summed E-state index contributed by atoms with van der Waals surface area (Å²) >= 11 is 0. The van der Waals surface area contributed by atoms with E-state index < -0.39 is 0 Å². The average molecular weight is 202 g/mol. The SMILES string of the molecule is C.c1ccc(OOc2ccccc2)cc1. The van der Waals surface area contributed by atoms with Crippen LogP contribution in [0.4, 0.5) is 0 Å². The number of hydrogen-bond acceptors (Lipinski definition) is 2. The van der Waals surface area contributed by atoms with Gasteiger partial charge in [0.2, 0.25) is 0 Å². The molecule has 0 amide bonds. The van der Waals surface area contributed by atoms with E-state index in [4.69, 9.17) is 9.78 Å². The highest BCUT2D eigenvalue weighted by molar-refractivity contribution is 5.23. The highest BCUT2D eigenvalue weighted by atomic mass is 17.2. The van der Waals surface area contributed by atoms with Crippen LogP contribution in [0.15, 0.2) is 60.7 Å². The fourth-order valence-electron chi connectivity index (χ4n) is 1.05. The Kier molecular flexibility index (Phi) is 4.23. The molecule has 0 heterocycles. The molecular weight excluding hydrogens is 188 g/mol. The number of para-hydroxylation sites is 2. The molecule has 0 unspecified atom stereocenters. The Morgan fingerprint density at radius 3 is 1.20 bits per heavy atom. The first-order valence-corrected chi connectivity index (χ1v) is 4.40. The monoisotopic (exact) mass is 202 g/mol. The van der Waals surface area contributed by atoms with Crippen molar-refractivity contribution in [1.29, 1.82) is 0 Å². The van der Waals surface area contributed by atoms with Gasteiger partial charge in [-0.2, -0.15) is 0 Å². The largest absolute Gasteiger partial charge is 0.290 e. The summed E-state index contributed by atoms with van der Waals surface area (Å²) in [5.41, 5.74) is 0. The summed E-state index contributed by atoms with van der Waals surface area (Å²) in [7, 11) is 0. The lowest BCUT2D eigenvalue weighted by molar-refractivity contribution is -0.0999. The maximum atomic E-state index is 5.09. The van der Waals surface area contributed by atoms with Crippen LogP contribution in [-0.4, -0.2) is 0 Å². The molecule has 2 aromatic carbocycles.